The zero-order valence-corrected chi connectivity index (χ0v) is 9.74. The number of nitrogens with zero attached hydrogens (tertiary/aromatic N) is 2. The van der Waals surface area contributed by atoms with E-state index in [0.29, 0.717) is 17.3 Å². The van der Waals surface area contributed by atoms with Gasteiger partial charge in [0.15, 0.2) is 0 Å². The van der Waals surface area contributed by atoms with E-state index >= 15 is 0 Å². The van der Waals surface area contributed by atoms with Gasteiger partial charge in [0.05, 0.1) is 7.11 Å². The standard InChI is InChI=1S/C11H12BN3O3/c1-18-10-3-2-7(5-14-10)9-4-8(12(16)17)6-15-11(9)13/h2-6,16-17H,1H3,(H2,13,15). The molecule has 0 amide bonds. The van der Waals surface area contributed by atoms with Crippen molar-refractivity contribution in [2.75, 3.05) is 12.8 Å². The molecule has 0 saturated carbocycles. The van der Waals surface area contributed by atoms with Crippen LogP contribution in [0, 0.1) is 0 Å². The zero-order valence-electron chi connectivity index (χ0n) is 9.74. The van der Waals surface area contributed by atoms with E-state index in [4.69, 9.17) is 20.5 Å². The van der Waals surface area contributed by atoms with Gasteiger partial charge in [0.25, 0.3) is 0 Å². The summed E-state index contributed by atoms with van der Waals surface area (Å²) >= 11 is 0. The summed E-state index contributed by atoms with van der Waals surface area (Å²) in [6.07, 6.45) is 2.90. The first kappa shape index (κ1) is 12.3. The van der Waals surface area contributed by atoms with Gasteiger partial charge in [-0.3, -0.25) is 0 Å². The number of nitrogens with two attached hydrogens (primary N) is 1. The SMILES string of the molecule is COc1ccc(-c2cc(B(O)O)cnc2N)cn1. The average Bonchev–Trinajstić information content (AvgIpc) is 2.39. The Morgan fingerprint density at radius 3 is 2.56 bits per heavy atom. The molecule has 0 aliphatic heterocycles. The number of nitrogen functional groups attached to an aromatic ring is 1. The van der Waals surface area contributed by atoms with Crippen LogP contribution in [0.3, 0.4) is 0 Å². The second-order valence-corrected chi connectivity index (χ2v) is 3.66. The molecule has 7 heteroatoms. The largest absolute Gasteiger partial charge is 0.490 e. The molecule has 0 fully saturated rings. The summed E-state index contributed by atoms with van der Waals surface area (Å²) in [6, 6.07) is 5.03. The fraction of sp³-hybridized carbons (Fsp3) is 0.0909. The Bertz CT molecular complexity index is 546. The van der Waals surface area contributed by atoms with Crippen LogP contribution in [-0.4, -0.2) is 34.2 Å². The lowest BCUT2D eigenvalue weighted by molar-refractivity contribution is 0.398. The highest BCUT2D eigenvalue weighted by Gasteiger charge is 2.14. The molecule has 18 heavy (non-hydrogen) atoms. The maximum Gasteiger partial charge on any atom is 0.490 e. The highest BCUT2D eigenvalue weighted by Crippen LogP contribution is 2.23. The molecular weight excluding hydrogens is 233 g/mol. The van der Waals surface area contributed by atoms with Gasteiger partial charge in [0.1, 0.15) is 5.82 Å². The van der Waals surface area contributed by atoms with E-state index < -0.39 is 7.12 Å². The molecule has 0 saturated heterocycles. The molecule has 0 aromatic carbocycles. The fourth-order valence-electron chi connectivity index (χ4n) is 1.52. The quantitative estimate of drug-likeness (QED) is 0.625. The average molecular weight is 245 g/mol. The van der Waals surface area contributed by atoms with Crippen molar-refractivity contribution in [3.05, 3.63) is 30.6 Å². The first-order valence-electron chi connectivity index (χ1n) is 5.24. The van der Waals surface area contributed by atoms with Crippen LogP contribution in [0.5, 0.6) is 5.88 Å². The molecule has 0 unspecified atom stereocenters. The molecule has 6 nitrogen and oxygen atoms in total. The summed E-state index contributed by atoms with van der Waals surface area (Å²) in [6.45, 7) is 0. The van der Waals surface area contributed by atoms with Gasteiger partial charge >= 0.3 is 7.12 Å². The molecule has 92 valence electrons. The van der Waals surface area contributed by atoms with Gasteiger partial charge in [-0.15, -0.1) is 0 Å². The molecule has 0 atom stereocenters. The summed E-state index contributed by atoms with van der Waals surface area (Å²) in [5.74, 6) is 0.787. The van der Waals surface area contributed by atoms with E-state index in [9.17, 15) is 0 Å². The Hall–Kier alpha value is -2.12. The number of hydrogen-bond donors (Lipinski definition) is 3. The summed E-state index contributed by atoms with van der Waals surface area (Å²) in [7, 11) is -0.0521. The predicted octanol–water partition coefficient (Wildman–Crippen LogP) is -0.586. The summed E-state index contributed by atoms with van der Waals surface area (Å²) < 4.78 is 4.96. The molecule has 2 heterocycles. The topological polar surface area (TPSA) is 101 Å². The minimum atomic E-state index is -1.58. The second kappa shape index (κ2) is 5.03. The lowest BCUT2D eigenvalue weighted by Gasteiger charge is -2.08. The third-order valence-corrected chi connectivity index (χ3v) is 2.49. The minimum absolute atomic E-state index is 0.273. The summed E-state index contributed by atoms with van der Waals surface area (Å²) in [5.41, 5.74) is 7.35. The van der Waals surface area contributed by atoms with Gasteiger partial charge in [-0.25, -0.2) is 9.97 Å². The van der Waals surface area contributed by atoms with Gasteiger partial charge in [0, 0.05) is 35.0 Å². The fourth-order valence-corrected chi connectivity index (χ4v) is 1.52. The third-order valence-electron chi connectivity index (χ3n) is 2.49. The van der Waals surface area contributed by atoms with Crippen molar-refractivity contribution < 1.29 is 14.8 Å². The van der Waals surface area contributed by atoms with Crippen LogP contribution in [0.15, 0.2) is 30.6 Å². The Kier molecular flexibility index (Phi) is 3.45. The second-order valence-electron chi connectivity index (χ2n) is 3.66. The normalized spacial score (nSPS) is 10.2. The number of aromatic nitrogens is 2. The van der Waals surface area contributed by atoms with Gasteiger partial charge in [0.2, 0.25) is 5.88 Å². The molecular formula is C11H12BN3O3. The van der Waals surface area contributed by atoms with Crippen molar-refractivity contribution in [3.63, 3.8) is 0 Å². The van der Waals surface area contributed by atoms with E-state index in [-0.39, 0.29) is 5.46 Å². The Balaban J connectivity index is 2.45. The van der Waals surface area contributed by atoms with Crippen molar-refractivity contribution in [1.82, 2.24) is 9.97 Å². The van der Waals surface area contributed by atoms with Crippen molar-refractivity contribution in [3.8, 4) is 17.0 Å². The van der Waals surface area contributed by atoms with Crippen LogP contribution >= 0.6 is 0 Å². The summed E-state index contributed by atoms with van der Waals surface area (Å²) in [5, 5.41) is 18.2. The van der Waals surface area contributed by atoms with Crippen molar-refractivity contribution in [2.45, 2.75) is 0 Å². The van der Waals surface area contributed by atoms with Gasteiger partial charge in [-0.05, 0) is 12.1 Å². The van der Waals surface area contributed by atoms with Crippen LogP contribution in [0.4, 0.5) is 5.82 Å². The number of ether oxygens (including phenoxy) is 1. The Labute approximate surface area is 104 Å². The maximum atomic E-state index is 9.11. The molecule has 2 aromatic heterocycles. The van der Waals surface area contributed by atoms with E-state index in [2.05, 4.69) is 9.97 Å². The number of hydrogen-bond acceptors (Lipinski definition) is 6. The van der Waals surface area contributed by atoms with Crippen molar-refractivity contribution in [2.24, 2.45) is 0 Å². The number of anilines is 1. The third kappa shape index (κ3) is 2.42. The molecule has 4 N–H and O–H groups in total. The molecule has 0 radical (unpaired) electrons. The molecule has 0 bridgehead atoms. The van der Waals surface area contributed by atoms with E-state index in [0.717, 1.165) is 5.56 Å². The maximum absolute atomic E-state index is 9.11. The smallest absolute Gasteiger partial charge is 0.481 e. The minimum Gasteiger partial charge on any atom is -0.481 e. The first-order valence-corrected chi connectivity index (χ1v) is 5.24. The van der Waals surface area contributed by atoms with E-state index in [1.165, 1.54) is 13.3 Å². The van der Waals surface area contributed by atoms with Gasteiger partial charge < -0.3 is 20.5 Å². The number of methoxy groups -OCH3 is 1. The van der Waals surface area contributed by atoms with E-state index in [1.54, 1.807) is 24.4 Å². The van der Waals surface area contributed by atoms with Crippen LogP contribution in [0.1, 0.15) is 0 Å². The lowest BCUT2D eigenvalue weighted by Crippen LogP contribution is -2.30. The summed E-state index contributed by atoms with van der Waals surface area (Å²) in [4.78, 5) is 7.98. The lowest BCUT2D eigenvalue weighted by atomic mass is 9.80. The van der Waals surface area contributed by atoms with Crippen molar-refractivity contribution in [1.29, 1.82) is 0 Å². The highest BCUT2D eigenvalue weighted by molar-refractivity contribution is 6.58. The highest BCUT2D eigenvalue weighted by atomic mass is 16.5. The zero-order chi connectivity index (χ0) is 13.1. The van der Waals surface area contributed by atoms with E-state index in [1.807, 2.05) is 0 Å². The van der Waals surface area contributed by atoms with Crippen LogP contribution in [0.25, 0.3) is 11.1 Å². The number of rotatable bonds is 3. The first-order chi connectivity index (χ1) is 8.61. The number of pyridine rings is 2. The molecule has 0 spiro atoms. The molecule has 2 rings (SSSR count). The van der Waals surface area contributed by atoms with Gasteiger partial charge in [-0.2, -0.15) is 0 Å². The monoisotopic (exact) mass is 245 g/mol. The predicted molar refractivity (Wildman–Crippen MR) is 68.3 cm³/mol. The van der Waals surface area contributed by atoms with Crippen LogP contribution in [-0.2, 0) is 0 Å². The molecule has 0 aliphatic carbocycles. The Morgan fingerprint density at radius 2 is 2.00 bits per heavy atom. The molecule has 0 aliphatic rings. The molecule has 2 aromatic rings. The van der Waals surface area contributed by atoms with Crippen molar-refractivity contribution >= 4 is 18.4 Å². The van der Waals surface area contributed by atoms with Gasteiger partial charge in [-0.1, -0.05) is 0 Å². The Morgan fingerprint density at radius 1 is 1.22 bits per heavy atom. The van der Waals surface area contributed by atoms with Crippen LogP contribution in [0.2, 0.25) is 0 Å². The van der Waals surface area contributed by atoms with Crippen LogP contribution < -0.4 is 15.9 Å².